The molecule has 0 aromatic carbocycles. The van der Waals surface area contributed by atoms with E-state index in [1.807, 2.05) is 0 Å². The third kappa shape index (κ3) is 2.54. The van der Waals surface area contributed by atoms with Gasteiger partial charge in [-0.3, -0.25) is 0 Å². The molecular formula is C11H22O. The lowest BCUT2D eigenvalue weighted by atomic mass is 9.67. The second kappa shape index (κ2) is 3.97. The Morgan fingerprint density at radius 1 is 1.17 bits per heavy atom. The summed E-state index contributed by atoms with van der Waals surface area (Å²) in [7, 11) is 0. The van der Waals surface area contributed by atoms with E-state index < -0.39 is 0 Å². The van der Waals surface area contributed by atoms with E-state index in [0.29, 0.717) is 5.41 Å². The van der Waals surface area contributed by atoms with Gasteiger partial charge in [-0.05, 0) is 5.41 Å². The third-order valence-corrected chi connectivity index (χ3v) is 3.28. The van der Waals surface area contributed by atoms with Gasteiger partial charge in [0.25, 0.3) is 0 Å². The van der Waals surface area contributed by atoms with Crippen LogP contribution in [-0.4, -0.2) is 6.61 Å². The van der Waals surface area contributed by atoms with Crippen LogP contribution in [0.5, 0.6) is 0 Å². The number of hydrogen-bond donors (Lipinski definition) is 0. The highest BCUT2D eigenvalue weighted by Gasteiger charge is 2.35. The molecule has 0 saturated heterocycles. The van der Waals surface area contributed by atoms with E-state index in [-0.39, 0.29) is 5.41 Å². The fourth-order valence-corrected chi connectivity index (χ4v) is 0.941. The van der Waals surface area contributed by atoms with E-state index in [0.717, 1.165) is 6.61 Å². The molecule has 0 unspecified atom stereocenters. The van der Waals surface area contributed by atoms with Crippen LogP contribution >= 0.6 is 0 Å². The monoisotopic (exact) mass is 170 g/mol. The van der Waals surface area contributed by atoms with Gasteiger partial charge < -0.3 is 4.74 Å². The van der Waals surface area contributed by atoms with Crippen molar-refractivity contribution in [1.29, 1.82) is 0 Å². The standard InChI is InChI=1S/C11H22O/c1-7-10(3,4)11(5,6)9-12-8-2/h8H,2,7,9H2,1,3-6H3. The molecule has 0 rings (SSSR count). The first-order chi connectivity index (χ1) is 5.37. The lowest BCUT2D eigenvalue weighted by Gasteiger charge is -2.40. The van der Waals surface area contributed by atoms with Gasteiger partial charge in [-0.2, -0.15) is 0 Å². The fraction of sp³-hybridized carbons (Fsp3) is 0.818. The number of rotatable bonds is 5. The summed E-state index contributed by atoms with van der Waals surface area (Å²) in [5.74, 6) is 0. The van der Waals surface area contributed by atoms with Crippen LogP contribution in [0.25, 0.3) is 0 Å². The van der Waals surface area contributed by atoms with Crippen LogP contribution in [0.15, 0.2) is 12.8 Å². The van der Waals surface area contributed by atoms with Gasteiger partial charge in [0.15, 0.2) is 0 Å². The predicted octanol–water partition coefficient (Wildman–Crippen LogP) is 3.61. The van der Waals surface area contributed by atoms with Gasteiger partial charge in [0.2, 0.25) is 0 Å². The summed E-state index contributed by atoms with van der Waals surface area (Å²) in [5, 5.41) is 0. The van der Waals surface area contributed by atoms with E-state index in [4.69, 9.17) is 4.74 Å². The van der Waals surface area contributed by atoms with Gasteiger partial charge in [0.1, 0.15) is 0 Å². The summed E-state index contributed by atoms with van der Waals surface area (Å²) in [6.07, 6.45) is 2.69. The zero-order valence-electron chi connectivity index (χ0n) is 9.11. The van der Waals surface area contributed by atoms with Crippen LogP contribution in [0.3, 0.4) is 0 Å². The smallest absolute Gasteiger partial charge is 0.0928 e. The van der Waals surface area contributed by atoms with Crippen LogP contribution in [-0.2, 0) is 4.74 Å². The van der Waals surface area contributed by atoms with Gasteiger partial charge in [0.05, 0.1) is 12.9 Å². The van der Waals surface area contributed by atoms with Crippen LogP contribution in [0.1, 0.15) is 41.0 Å². The lowest BCUT2D eigenvalue weighted by Crippen LogP contribution is -2.35. The molecule has 0 N–H and O–H groups in total. The van der Waals surface area contributed by atoms with Crippen LogP contribution < -0.4 is 0 Å². The van der Waals surface area contributed by atoms with Crippen molar-refractivity contribution in [3.63, 3.8) is 0 Å². The lowest BCUT2D eigenvalue weighted by molar-refractivity contribution is 0.0262. The van der Waals surface area contributed by atoms with E-state index >= 15 is 0 Å². The molecule has 1 nitrogen and oxygen atoms in total. The van der Waals surface area contributed by atoms with Gasteiger partial charge in [-0.1, -0.05) is 47.6 Å². The molecule has 0 aliphatic rings. The van der Waals surface area contributed by atoms with Crippen molar-refractivity contribution in [3.05, 3.63) is 12.8 Å². The molecule has 0 aliphatic heterocycles. The van der Waals surface area contributed by atoms with Crippen molar-refractivity contribution in [3.8, 4) is 0 Å². The number of hydrogen-bond acceptors (Lipinski definition) is 1. The highest BCUT2D eigenvalue weighted by atomic mass is 16.5. The van der Waals surface area contributed by atoms with Crippen LogP contribution in [0.2, 0.25) is 0 Å². The van der Waals surface area contributed by atoms with Gasteiger partial charge in [-0.15, -0.1) is 0 Å². The summed E-state index contributed by atoms with van der Waals surface area (Å²) >= 11 is 0. The highest BCUT2D eigenvalue weighted by Crippen LogP contribution is 2.41. The van der Waals surface area contributed by atoms with Crippen LogP contribution in [0.4, 0.5) is 0 Å². The molecule has 72 valence electrons. The molecule has 0 aromatic heterocycles. The molecule has 0 aliphatic carbocycles. The zero-order chi connectivity index (χ0) is 9.83. The summed E-state index contributed by atoms with van der Waals surface area (Å²) in [6, 6.07) is 0. The quantitative estimate of drug-likeness (QED) is 0.573. The van der Waals surface area contributed by atoms with Crippen molar-refractivity contribution in [2.24, 2.45) is 10.8 Å². The van der Waals surface area contributed by atoms with E-state index in [9.17, 15) is 0 Å². The molecule has 0 bridgehead atoms. The van der Waals surface area contributed by atoms with Crippen molar-refractivity contribution in [2.75, 3.05) is 6.61 Å². The Hall–Kier alpha value is -0.460. The Bertz CT molecular complexity index is 145. The summed E-state index contributed by atoms with van der Waals surface area (Å²) in [6.45, 7) is 15.5. The van der Waals surface area contributed by atoms with Crippen molar-refractivity contribution in [1.82, 2.24) is 0 Å². The average molecular weight is 170 g/mol. The molecule has 0 atom stereocenters. The van der Waals surface area contributed by atoms with Gasteiger partial charge in [0, 0.05) is 5.41 Å². The Balaban J connectivity index is 4.26. The zero-order valence-corrected chi connectivity index (χ0v) is 9.11. The maximum Gasteiger partial charge on any atom is 0.0928 e. The largest absolute Gasteiger partial charge is 0.501 e. The van der Waals surface area contributed by atoms with Crippen LogP contribution in [0, 0.1) is 10.8 Å². The second-order valence-electron chi connectivity index (χ2n) is 4.60. The summed E-state index contributed by atoms with van der Waals surface area (Å²) in [5.41, 5.74) is 0.520. The maximum absolute atomic E-state index is 5.25. The molecule has 0 heterocycles. The van der Waals surface area contributed by atoms with E-state index in [2.05, 4.69) is 41.2 Å². The number of ether oxygens (including phenoxy) is 1. The second-order valence-corrected chi connectivity index (χ2v) is 4.60. The van der Waals surface area contributed by atoms with E-state index in [1.165, 1.54) is 12.7 Å². The average Bonchev–Trinajstić information content (AvgIpc) is 2.00. The first kappa shape index (κ1) is 11.5. The molecule has 12 heavy (non-hydrogen) atoms. The van der Waals surface area contributed by atoms with Gasteiger partial charge in [-0.25, -0.2) is 0 Å². The van der Waals surface area contributed by atoms with Crippen molar-refractivity contribution >= 4 is 0 Å². The molecule has 0 saturated carbocycles. The minimum atomic E-state index is 0.204. The molecule has 0 aromatic rings. The van der Waals surface area contributed by atoms with Crippen molar-refractivity contribution in [2.45, 2.75) is 41.0 Å². The van der Waals surface area contributed by atoms with Crippen molar-refractivity contribution < 1.29 is 4.74 Å². The minimum absolute atomic E-state index is 0.204. The first-order valence-electron chi connectivity index (χ1n) is 4.60. The Morgan fingerprint density at radius 3 is 2.00 bits per heavy atom. The molecule has 0 radical (unpaired) electrons. The molecule has 0 fully saturated rings. The SMILES string of the molecule is C=COCC(C)(C)C(C)(C)CC. The van der Waals surface area contributed by atoms with E-state index in [1.54, 1.807) is 0 Å². The minimum Gasteiger partial charge on any atom is -0.501 e. The fourth-order valence-electron chi connectivity index (χ4n) is 0.941. The summed E-state index contributed by atoms with van der Waals surface area (Å²) in [4.78, 5) is 0. The molecule has 0 spiro atoms. The molecule has 1 heteroatoms. The first-order valence-corrected chi connectivity index (χ1v) is 4.60. The highest BCUT2D eigenvalue weighted by molar-refractivity contribution is 4.85. The maximum atomic E-state index is 5.25. The normalized spacial score (nSPS) is 12.8. The predicted molar refractivity (Wildman–Crippen MR) is 54.0 cm³/mol. The Kier molecular flexibility index (Phi) is 3.82. The third-order valence-electron chi connectivity index (χ3n) is 3.28. The molecular weight excluding hydrogens is 148 g/mol. The Labute approximate surface area is 76.8 Å². The molecule has 0 amide bonds. The topological polar surface area (TPSA) is 9.23 Å². The Morgan fingerprint density at radius 2 is 1.67 bits per heavy atom. The summed E-state index contributed by atoms with van der Waals surface area (Å²) < 4.78 is 5.25. The van der Waals surface area contributed by atoms with Gasteiger partial charge >= 0.3 is 0 Å².